The highest BCUT2D eigenvalue weighted by Crippen LogP contribution is 2.57. The maximum atomic E-state index is 5.94. The van der Waals surface area contributed by atoms with Crippen LogP contribution in [0.1, 0.15) is 45.1 Å². The molecule has 1 aliphatic heterocycles. The number of anilines is 1. The van der Waals surface area contributed by atoms with Gasteiger partial charge in [0.1, 0.15) is 5.82 Å². The van der Waals surface area contributed by atoms with E-state index in [1.165, 1.54) is 24.8 Å². The number of pyridine rings is 1. The number of nitrogens with one attached hydrogen (secondary N) is 1. The molecule has 3 fully saturated rings. The number of rotatable bonds is 6. The van der Waals surface area contributed by atoms with Gasteiger partial charge in [-0.1, -0.05) is 12.5 Å². The monoisotopic (exact) mass is 345 g/mol. The number of hydrogen-bond acceptors (Lipinski definition) is 5. The second-order valence-electron chi connectivity index (χ2n) is 7.85. The zero-order chi connectivity index (χ0) is 17.3. The topological polar surface area (TPSA) is 46.6 Å². The quantitative estimate of drug-likeness (QED) is 0.859. The lowest BCUT2D eigenvalue weighted by atomic mass is 9.51. The van der Waals surface area contributed by atoms with Crippen LogP contribution in [-0.2, 0) is 16.0 Å². The number of nitrogens with zero attached hydrogens (tertiary/aromatic N) is 2. The molecule has 2 heterocycles. The Morgan fingerprint density at radius 3 is 2.92 bits per heavy atom. The van der Waals surface area contributed by atoms with E-state index in [4.69, 9.17) is 9.47 Å². The Morgan fingerprint density at radius 2 is 2.28 bits per heavy atom. The number of aromatic nitrogens is 1. The van der Waals surface area contributed by atoms with Gasteiger partial charge < -0.3 is 19.7 Å². The van der Waals surface area contributed by atoms with E-state index in [2.05, 4.69) is 41.2 Å². The highest BCUT2D eigenvalue weighted by atomic mass is 16.5. The van der Waals surface area contributed by atoms with Crippen molar-refractivity contribution in [3.63, 3.8) is 0 Å². The first-order chi connectivity index (χ1) is 12.2. The van der Waals surface area contributed by atoms with Gasteiger partial charge in [-0.2, -0.15) is 0 Å². The van der Waals surface area contributed by atoms with Gasteiger partial charge in [0.05, 0.1) is 18.8 Å². The molecule has 3 atom stereocenters. The SMILES string of the molecule is CCO[C@@H]1C[C@@H](NCc2ccc(N3CCO[C@@H](C)C3)nc2)C12CCC2. The summed E-state index contributed by atoms with van der Waals surface area (Å²) in [4.78, 5) is 6.99. The smallest absolute Gasteiger partial charge is 0.128 e. The summed E-state index contributed by atoms with van der Waals surface area (Å²) in [7, 11) is 0. The average Bonchev–Trinajstić information content (AvgIpc) is 2.56. The molecule has 1 aromatic heterocycles. The van der Waals surface area contributed by atoms with Gasteiger partial charge in [0.2, 0.25) is 0 Å². The van der Waals surface area contributed by atoms with Crippen LogP contribution in [-0.4, -0.2) is 49.5 Å². The van der Waals surface area contributed by atoms with Gasteiger partial charge in [-0.25, -0.2) is 4.98 Å². The van der Waals surface area contributed by atoms with E-state index in [0.29, 0.717) is 17.6 Å². The molecule has 1 spiro atoms. The lowest BCUT2D eigenvalue weighted by Gasteiger charge is -2.61. The summed E-state index contributed by atoms with van der Waals surface area (Å²) in [5.74, 6) is 1.06. The standard InChI is InChI=1S/C20H31N3O2/c1-3-24-18-11-17(20(18)7-4-8-20)21-12-16-5-6-19(22-13-16)23-9-10-25-15(2)14-23/h5-6,13,15,17-18,21H,3-4,7-12,14H2,1-2H3/t15-,17+,18+/m0/s1. The lowest BCUT2D eigenvalue weighted by Crippen LogP contribution is -2.66. The van der Waals surface area contributed by atoms with Crippen molar-refractivity contribution in [3.05, 3.63) is 23.9 Å². The minimum Gasteiger partial charge on any atom is -0.378 e. The largest absolute Gasteiger partial charge is 0.378 e. The van der Waals surface area contributed by atoms with E-state index in [9.17, 15) is 0 Å². The predicted octanol–water partition coefficient (Wildman–Crippen LogP) is 2.74. The van der Waals surface area contributed by atoms with Crippen molar-refractivity contribution >= 4 is 5.82 Å². The van der Waals surface area contributed by atoms with Crippen LogP contribution in [0.3, 0.4) is 0 Å². The summed E-state index contributed by atoms with van der Waals surface area (Å²) in [5, 5.41) is 3.77. The first-order valence-electron chi connectivity index (χ1n) is 9.88. The molecular formula is C20H31N3O2. The van der Waals surface area contributed by atoms with Crippen LogP contribution in [0.25, 0.3) is 0 Å². The summed E-state index contributed by atoms with van der Waals surface area (Å²) in [5.41, 5.74) is 1.69. The highest BCUT2D eigenvalue weighted by molar-refractivity contribution is 5.40. The second-order valence-corrected chi connectivity index (χ2v) is 7.85. The van der Waals surface area contributed by atoms with Gasteiger partial charge >= 0.3 is 0 Å². The molecule has 5 nitrogen and oxygen atoms in total. The van der Waals surface area contributed by atoms with Crippen molar-refractivity contribution < 1.29 is 9.47 Å². The normalized spacial score (nSPS) is 30.8. The van der Waals surface area contributed by atoms with Gasteiger partial charge in [-0.05, 0) is 44.7 Å². The first kappa shape index (κ1) is 17.3. The maximum Gasteiger partial charge on any atom is 0.128 e. The van der Waals surface area contributed by atoms with Gasteiger partial charge in [-0.15, -0.1) is 0 Å². The van der Waals surface area contributed by atoms with Crippen molar-refractivity contribution in [2.45, 2.75) is 64.3 Å². The average molecular weight is 345 g/mol. The van der Waals surface area contributed by atoms with E-state index in [0.717, 1.165) is 45.1 Å². The van der Waals surface area contributed by atoms with Crippen LogP contribution in [0.15, 0.2) is 18.3 Å². The van der Waals surface area contributed by atoms with Gasteiger partial charge in [0, 0.05) is 43.9 Å². The zero-order valence-electron chi connectivity index (χ0n) is 15.5. The molecule has 1 N–H and O–H groups in total. The van der Waals surface area contributed by atoms with E-state index < -0.39 is 0 Å². The molecule has 1 saturated heterocycles. The third-order valence-electron chi connectivity index (χ3n) is 6.36. The molecule has 0 aromatic carbocycles. The Hall–Kier alpha value is -1.17. The molecule has 2 saturated carbocycles. The second kappa shape index (κ2) is 7.22. The van der Waals surface area contributed by atoms with Crippen LogP contribution in [0.5, 0.6) is 0 Å². The van der Waals surface area contributed by atoms with Crippen LogP contribution in [0.4, 0.5) is 5.82 Å². The summed E-state index contributed by atoms with van der Waals surface area (Å²) < 4.78 is 11.6. The van der Waals surface area contributed by atoms with Gasteiger partial charge in [-0.3, -0.25) is 0 Å². The molecule has 3 aliphatic rings. The van der Waals surface area contributed by atoms with Crippen molar-refractivity contribution in [3.8, 4) is 0 Å². The molecular weight excluding hydrogens is 314 g/mol. The van der Waals surface area contributed by atoms with Crippen LogP contribution >= 0.6 is 0 Å². The van der Waals surface area contributed by atoms with Crippen molar-refractivity contribution in [1.82, 2.24) is 10.3 Å². The van der Waals surface area contributed by atoms with Crippen LogP contribution in [0.2, 0.25) is 0 Å². The lowest BCUT2D eigenvalue weighted by molar-refractivity contribution is -0.173. The van der Waals surface area contributed by atoms with Crippen molar-refractivity contribution in [1.29, 1.82) is 0 Å². The summed E-state index contributed by atoms with van der Waals surface area (Å²) in [6.45, 7) is 8.61. The first-order valence-corrected chi connectivity index (χ1v) is 9.88. The summed E-state index contributed by atoms with van der Waals surface area (Å²) in [6, 6.07) is 4.97. The molecule has 0 bridgehead atoms. The fourth-order valence-electron chi connectivity index (χ4n) is 4.70. The molecule has 0 amide bonds. The third-order valence-corrected chi connectivity index (χ3v) is 6.36. The number of morpholine rings is 1. The minimum atomic E-state index is 0.285. The number of ether oxygens (including phenoxy) is 2. The maximum absolute atomic E-state index is 5.94. The van der Waals surface area contributed by atoms with Gasteiger partial charge in [0.25, 0.3) is 0 Å². The molecule has 138 valence electrons. The van der Waals surface area contributed by atoms with E-state index in [1.807, 2.05) is 6.20 Å². The van der Waals surface area contributed by atoms with Crippen LogP contribution < -0.4 is 10.2 Å². The van der Waals surface area contributed by atoms with Crippen molar-refractivity contribution in [2.24, 2.45) is 5.41 Å². The molecule has 4 rings (SSSR count). The number of hydrogen-bond donors (Lipinski definition) is 1. The fraction of sp³-hybridized carbons (Fsp3) is 0.750. The molecule has 0 radical (unpaired) electrons. The Balaban J connectivity index is 1.30. The van der Waals surface area contributed by atoms with E-state index in [-0.39, 0.29) is 6.10 Å². The fourth-order valence-corrected chi connectivity index (χ4v) is 4.70. The molecule has 25 heavy (non-hydrogen) atoms. The Morgan fingerprint density at radius 1 is 1.40 bits per heavy atom. The molecule has 5 heteroatoms. The molecule has 1 aromatic rings. The Kier molecular flexibility index (Phi) is 4.98. The van der Waals surface area contributed by atoms with Crippen molar-refractivity contribution in [2.75, 3.05) is 31.2 Å². The van der Waals surface area contributed by atoms with Crippen LogP contribution in [0, 0.1) is 5.41 Å². The Bertz CT molecular complexity index is 573. The summed E-state index contributed by atoms with van der Waals surface area (Å²) in [6.07, 6.45) is 7.94. The minimum absolute atomic E-state index is 0.285. The van der Waals surface area contributed by atoms with E-state index in [1.54, 1.807) is 0 Å². The third kappa shape index (κ3) is 3.29. The zero-order valence-corrected chi connectivity index (χ0v) is 15.5. The highest BCUT2D eigenvalue weighted by Gasteiger charge is 2.58. The van der Waals surface area contributed by atoms with Gasteiger partial charge in [0.15, 0.2) is 0 Å². The molecule has 0 unspecified atom stereocenters. The van der Waals surface area contributed by atoms with E-state index >= 15 is 0 Å². The summed E-state index contributed by atoms with van der Waals surface area (Å²) >= 11 is 0. The Labute approximate surface area is 151 Å². The molecule has 2 aliphatic carbocycles. The predicted molar refractivity (Wildman–Crippen MR) is 98.8 cm³/mol.